The molecule has 1 atom stereocenters. The summed E-state index contributed by atoms with van der Waals surface area (Å²) in [7, 11) is 0. The second-order valence-corrected chi connectivity index (χ2v) is 5.59. The zero-order valence-electron chi connectivity index (χ0n) is 12.3. The van der Waals surface area contributed by atoms with Crippen LogP contribution in [-0.2, 0) is 11.2 Å². The number of nitrogens with one attached hydrogen (secondary N) is 1. The second-order valence-electron chi connectivity index (χ2n) is 5.59. The molecule has 1 aromatic heterocycles. The van der Waals surface area contributed by atoms with E-state index in [-0.39, 0.29) is 5.91 Å². The molecule has 2 rings (SSSR count). The van der Waals surface area contributed by atoms with Crippen LogP contribution in [0.4, 0.5) is 0 Å². The number of carbonyl (C=O) groups excluding carboxylic acids is 1. The number of aromatic nitrogens is 1. The van der Waals surface area contributed by atoms with Crippen molar-refractivity contribution in [1.29, 1.82) is 0 Å². The summed E-state index contributed by atoms with van der Waals surface area (Å²) in [4.78, 5) is 18.6. The lowest BCUT2D eigenvalue weighted by molar-refractivity contribution is -0.131. The zero-order chi connectivity index (χ0) is 14.2. The van der Waals surface area contributed by atoms with Crippen molar-refractivity contribution in [2.45, 2.75) is 32.6 Å². The number of amides is 1. The van der Waals surface area contributed by atoms with E-state index in [2.05, 4.69) is 17.2 Å². The molecule has 4 nitrogen and oxygen atoms in total. The molecule has 110 valence electrons. The molecule has 0 aromatic carbocycles. The summed E-state index contributed by atoms with van der Waals surface area (Å²) in [5.41, 5.74) is 1.00. The minimum absolute atomic E-state index is 0.227. The van der Waals surface area contributed by atoms with Crippen molar-refractivity contribution in [3.05, 3.63) is 30.1 Å². The van der Waals surface area contributed by atoms with Gasteiger partial charge in [-0.1, -0.05) is 13.0 Å². The number of piperidine rings is 1. The van der Waals surface area contributed by atoms with Gasteiger partial charge in [-0.2, -0.15) is 0 Å². The Balaban J connectivity index is 1.90. The van der Waals surface area contributed by atoms with Crippen molar-refractivity contribution in [2.24, 2.45) is 5.92 Å². The number of pyridine rings is 1. The Bertz CT molecular complexity index is 401. The van der Waals surface area contributed by atoms with Gasteiger partial charge in [0.2, 0.25) is 5.91 Å². The van der Waals surface area contributed by atoms with Gasteiger partial charge in [0.15, 0.2) is 0 Å². The summed E-state index contributed by atoms with van der Waals surface area (Å²) in [6.07, 6.45) is 7.46. The third-order valence-electron chi connectivity index (χ3n) is 3.80. The highest BCUT2D eigenvalue weighted by Gasteiger charge is 2.20. The largest absolute Gasteiger partial charge is 0.342 e. The van der Waals surface area contributed by atoms with Crippen LogP contribution < -0.4 is 5.32 Å². The predicted molar refractivity (Wildman–Crippen MR) is 80.4 cm³/mol. The van der Waals surface area contributed by atoms with Crippen molar-refractivity contribution in [3.63, 3.8) is 0 Å². The van der Waals surface area contributed by atoms with Gasteiger partial charge >= 0.3 is 0 Å². The molecule has 1 fully saturated rings. The molecule has 1 aromatic rings. The van der Waals surface area contributed by atoms with E-state index < -0.39 is 0 Å². The van der Waals surface area contributed by atoms with Crippen LogP contribution in [0, 0.1) is 5.92 Å². The van der Waals surface area contributed by atoms with Gasteiger partial charge in [-0.15, -0.1) is 0 Å². The Morgan fingerprint density at radius 2 is 2.45 bits per heavy atom. The first-order valence-corrected chi connectivity index (χ1v) is 7.67. The molecule has 0 radical (unpaired) electrons. The van der Waals surface area contributed by atoms with Crippen LogP contribution in [0.5, 0.6) is 0 Å². The molecule has 20 heavy (non-hydrogen) atoms. The molecular weight excluding hydrogens is 250 g/mol. The topological polar surface area (TPSA) is 45.2 Å². The third-order valence-corrected chi connectivity index (χ3v) is 3.80. The summed E-state index contributed by atoms with van der Waals surface area (Å²) in [5.74, 6) is 0.832. The van der Waals surface area contributed by atoms with Gasteiger partial charge in [-0.3, -0.25) is 9.78 Å². The van der Waals surface area contributed by atoms with E-state index in [1.807, 2.05) is 17.0 Å². The molecular formula is C16H25N3O. The molecule has 1 saturated heterocycles. The third kappa shape index (κ3) is 4.60. The first kappa shape index (κ1) is 15.0. The molecule has 4 heteroatoms. The normalized spacial score (nSPS) is 18.8. The monoisotopic (exact) mass is 275 g/mol. The van der Waals surface area contributed by atoms with Crippen LogP contribution in [0.25, 0.3) is 0 Å². The highest BCUT2D eigenvalue weighted by atomic mass is 16.2. The average molecular weight is 275 g/mol. The van der Waals surface area contributed by atoms with Gasteiger partial charge < -0.3 is 10.2 Å². The van der Waals surface area contributed by atoms with Crippen LogP contribution in [0.15, 0.2) is 24.5 Å². The van der Waals surface area contributed by atoms with Gasteiger partial charge in [0, 0.05) is 25.5 Å². The van der Waals surface area contributed by atoms with E-state index in [9.17, 15) is 4.79 Å². The van der Waals surface area contributed by atoms with Gasteiger partial charge in [-0.25, -0.2) is 0 Å². The highest BCUT2D eigenvalue weighted by Crippen LogP contribution is 2.13. The van der Waals surface area contributed by atoms with Crippen molar-refractivity contribution < 1.29 is 4.79 Å². The van der Waals surface area contributed by atoms with E-state index in [4.69, 9.17) is 0 Å². The first-order chi connectivity index (χ1) is 9.79. The lowest BCUT2D eigenvalue weighted by atomic mass is 9.98. The van der Waals surface area contributed by atoms with Crippen molar-refractivity contribution in [1.82, 2.24) is 15.2 Å². The first-order valence-electron chi connectivity index (χ1n) is 7.67. The number of hydrogen-bond donors (Lipinski definition) is 1. The maximum Gasteiger partial charge on any atom is 0.227 e. The van der Waals surface area contributed by atoms with E-state index in [0.29, 0.717) is 12.3 Å². The van der Waals surface area contributed by atoms with Gasteiger partial charge in [0.1, 0.15) is 0 Å². The number of rotatable bonds is 6. The van der Waals surface area contributed by atoms with Crippen LogP contribution in [0.2, 0.25) is 0 Å². The maximum absolute atomic E-state index is 12.5. The molecule has 0 saturated carbocycles. The van der Waals surface area contributed by atoms with E-state index >= 15 is 0 Å². The maximum atomic E-state index is 12.5. The summed E-state index contributed by atoms with van der Waals surface area (Å²) < 4.78 is 0. The Kier molecular flexibility index (Phi) is 5.99. The fourth-order valence-corrected chi connectivity index (χ4v) is 2.77. The Hall–Kier alpha value is -1.42. The van der Waals surface area contributed by atoms with Crippen molar-refractivity contribution >= 4 is 5.91 Å². The lowest BCUT2D eigenvalue weighted by Gasteiger charge is -2.30. The van der Waals surface area contributed by atoms with Crippen molar-refractivity contribution in [3.8, 4) is 0 Å². The lowest BCUT2D eigenvalue weighted by Crippen LogP contribution is -2.42. The highest BCUT2D eigenvalue weighted by molar-refractivity contribution is 5.78. The van der Waals surface area contributed by atoms with Gasteiger partial charge in [-0.05, 0) is 49.9 Å². The number of carbonyl (C=O) groups is 1. The standard InChI is InChI=1S/C16H25N3O/c1-2-9-19(13-15-6-4-8-18-12-15)16(20)10-14-5-3-7-17-11-14/h3,5,7,11,15,18H,2,4,6,8-10,12-13H2,1H3. The fourth-order valence-electron chi connectivity index (χ4n) is 2.77. The summed E-state index contributed by atoms with van der Waals surface area (Å²) >= 11 is 0. The molecule has 1 unspecified atom stereocenters. The van der Waals surface area contributed by atoms with Crippen molar-refractivity contribution in [2.75, 3.05) is 26.2 Å². The van der Waals surface area contributed by atoms with Crippen LogP contribution in [0.3, 0.4) is 0 Å². The average Bonchev–Trinajstić information content (AvgIpc) is 2.49. The molecule has 0 aliphatic carbocycles. The Morgan fingerprint density at radius 3 is 3.10 bits per heavy atom. The van der Waals surface area contributed by atoms with E-state index in [0.717, 1.165) is 38.2 Å². The number of nitrogens with zero attached hydrogens (tertiary/aromatic N) is 2. The van der Waals surface area contributed by atoms with Gasteiger partial charge in [0.05, 0.1) is 6.42 Å². The molecule has 1 aliphatic heterocycles. The van der Waals surface area contributed by atoms with Gasteiger partial charge in [0.25, 0.3) is 0 Å². The molecule has 1 amide bonds. The molecule has 0 bridgehead atoms. The molecule has 2 heterocycles. The van der Waals surface area contributed by atoms with Crippen LogP contribution in [-0.4, -0.2) is 42.0 Å². The molecule has 1 aliphatic rings. The minimum Gasteiger partial charge on any atom is -0.342 e. The summed E-state index contributed by atoms with van der Waals surface area (Å²) in [6, 6.07) is 3.86. The fraction of sp³-hybridized carbons (Fsp3) is 0.625. The molecule has 0 spiro atoms. The van der Waals surface area contributed by atoms with Crippen LogP contribution >= 0.6 is 0 Å². The summed E-state index contributed by atoms with van der Waals surface area (Å²) in [6.45, 7) is 6.04. The Morgan fingerprint density at radius 1 is 1.55 bits per heavy atom. The Labute approximate surface area is 121 Å². The SMILES string of the molecule is CCCN(CC1CCCNC1)C(=O)Cc1cccnc1. The second kappa shape index (κ2) is 8.00. The predicted octanol–water partition coefficient (Wildman–Crippen LogP) is 1.86. The quantitative estimate of drug-likeness (QED) is 0.862. The van der Waals surface area contributed by atoms with Crippen LogP contribution in [0.1, 0.15) is 31.7 Å². The molecule has 1 N–H and O–H groups in total. The van der Waals surface area contributed by atoms with E-state index in [1.54, 1.807) is 12.4 Å². The zero-order valence-corrected chi connectivity index (χ0v) is 12.3. The van der Waals surface area contributed by atoms with E-state index in [1.165, 1.54) is 12.8 Å². The minimum atomic E-state index is 0.227. The summed E-state index contributed by atoms with van der Waals surface area (Å²) in [5, 5.41) is 3.42. The number of hydrogen-bond acceptors (Lipinski definition) is 3. The smallest absolute Gasteiger partial charge is 0.227 e.